The molecule has 3 amide bonds. The number of hydrogen-bond donors (Lipinski definition) is 4. The van der Waals surface area contributed by atoms with Crippen LogP contribution in [0.3, 0.4) is 0 Å². The molecule has 0 saturated carbocycles. The molecule has 0 radical (unpaired) electrons. The van der Waals surface area contributed by atoms with E-state index >= 15 is 0 Å². The molecule has 1 rings (SSSR count). The molecule has 0 bridgehead atoms. The lowest BCUT2D eigenvalue weighted by Crippen LogP contribution is -2.53. The van der Waals surface area contributed by atoms with Crippen LogP contribution in [-0.4, -0.2) is 64.7 Å². The predicted octanol–water partition coefficient (Wildman–Crippen LogP) is -1.17. The molecule has 1 aliphatic rings. The Kier molecular flexibility index (Phi) is 5.30. The third-order valence-electron chi connectivity index (χ3n) is 3.04. The van der Waals surface area contributed by atoms with Crippen molar-refractivity contribution >= 4 is 23.9 Å². The second kappa shape index (κ2) is 6.73. The predicted molar refractivity (Wildman–Crippen MR) is 66.0 cm³/mol. The molecule has 20 heavy (non-hydrogen) atoms. The van der Waals surface area contributed by atoms with E-state index in [9.17, 15) is 19.2 Å². The maximum atomic E-state index is 12.0. The van der Waals surface area contributed by atoms with Crippen molar-refractivity contribution < 1.29 is 29.4 Å². The molecule has 1 aliphatic heterocycles. The number of hydrogen-bond acceptors (Lipinski definition) is 4. The largest absolute Gasteiger partial charge is 0.481 e. The fourth-order valence-corrected chi connectivity index (χ4v) is 2.06. The smallest absolute Gasteiger partial charge is 0.326 e. The van der Waals surface area contributed by atoms with Crippen molar-refractivity contribution in [1.82, 2.24) is 15.5 Å². The van der Waals surface area contributed by atoms with E-state index in [0.29, 0.717) is 19.4 Å². The minimum atomic E-state index is -1.52. The summed E-state index contributed by atoms with van der Waals surface area (Å²) in [5.74, 6) is -3.10. The maximum absolute atomic E-state index is 12.0. The summed E-state index contributed by atoms with van der Waals surface area (Å²) in [7, 11) is 1.45. The van der Waals surface area contributed by atoms with Gasteiger partial charge in [-0.3, -0.25) is 9.59 Å². The normalized spacial score (nSPS) is 19.2. The SMILES string of the molecule is CNC(=O)C1CCCN1C(=O)N[C@H](CC(=O)O)C(=O)O. The lowest BCUT2D eigenvalue weighted by molar-refractivity contribution is -0.145. The van der Waals surface area contributed by atoms with Gasteiger partial charge in [-0.1, -0.05) is 0 Å². The Labute approximate surface area is 114 Å². The van der Waals surface area contributed by atoms with Crippen LogP contribution >= 0.6 is 0 Å². The zero-order valence-corrected chi connectivity index (χ0v) is 11.0. The van der Waals surface area contributed by atoms with Gasteiger partial charge in [0.15, 0.2) is 0 Å². The molecule has 0 aromatic heterocycles. The van der Waals surface area contributed by atoms with Gasteiger partial charge in [0.05, 0.1) is 6.42 Å². The Hall–Kier alpha value is -2.32. The Morgan fingerprint density at radius 3 is 2.45 bits per heavy atom. The van der Waals surface area contributed by atoms with E-state index in [-0.39, 0.29) is 5.91 Å². The summed E-state index contributed by atoms with van der Waals surface area (Å²) in [6.07, 6.45) is 0.394. The van der Waals surface area contributed by atoms with Gasteiger partial charge in [0, 0.05) is 13.6 Å². The van der Waals surface area contributed by atoms with Crippen molar-refractivity contribution in [2.45, 2.75) is 31.3 Å². The number of carboxylic acids is 2. The highest BCUT2D eigenvalue weighted by atomic mass is 16.4. The zero-order chi connectivity index (χ0) is 15.3. The molecule has 1 heterocycles. The fraction of sp³-hybridized carbons (Fsp3) is 0.636. The minimum Gasteiger partial charge on any atom is -0.481 e. The van der Waals surface area contributed by atoms with E-state index in [1.807, 2.05) is 0 Å². The summed E-state index contributed by atoms with van der Waals surface area (Å²) in [6.45, 7) is 0.323. The third-order valence-corrected chi connectivity index (χ3v) is 3.04. The van der Waals surface area contributed by atoms with Crippen LogP contribution in [0.2, 0.25) is 0 Å². The Morgan fingerprint density at radius 1 is 1.30 bits per heavy atom. The van der Waals surface area contributed by atoms with Crippen LogP contribution in [0.25, 0.3) is 0 Å². The first kappa shape index (κ1) is 15.7. The second-order valence-electron chi connectivity index (χ2n) is 4.40. The van der Waals surface area contributed by atoms with Crippen molar-refractivity contribution in [2.75, 3.05) is 13.6 Å². The van der Waals surface area contributed by atoms with E-state index in [2.05, 4.69) is 10.6 Å². The van der Waals surface area contributed by atoms with Gasteiger partial charge in [0.2, 0.25) is 5.91 Å². The summed E-state index contributed by atoms with van der Waals surface area (Å²) in [4.78, 5) is 46.2. The van der Waals surface area contributed by atoms with Crippen LogP contribution < -0.4 is 10.6 Å². The number of urea groups is 1. The molecule has 0 spiro atoms. The zero-order valence-electron chi connectivity index (χ0n) is 11.0. The van der Waals surface area contributed by atoms with Crippen LogP contribution in [0.1, 0.15) is 19.3 Å². The third kappa shape index (κ3) is 3.84. The number of nitrogens with one attached hydrogen (secondary N) is 2. The van der Waals surface area contributed by atoms with E-state index < -0.39 is 36.5 Å². The molecule has 0 aliphatic carbocycles. The highest BCUT2D eigenvalue weighted by molar-refractivity contribution is 5.90. The summed E-state index contributed by atoms with van der Waals surface area (Å²) >= 11 is 0. The second-order valence-corrected chi connectivity index (χ2v) is 4.40. The first-order valence-corrected chi connectivity index (χ1v) is 6.10. The highest BCUT2D eigenvalue weighted by Crippen LogP contribution is 2.17. The summed E-state index contributed by atoms with van der Waals surface area (Å²) < 4.78 is 0. The van der Waals surface area contributed by atoms with E-state index in [1.54, 1.807) is 0 Å². The molecular formula is C11H17N3O6. The summed E-state index contributed by atoms with van der Waals surface area (Å²) in [5, 5.41) is 22.0. The number of rotatable bonds is 5. The monoisotopic (exact) mass is 287 g/mol. The highest BCUT2D eigenvalue weighted by Gasteiger charge is 2.35. The number of carbonyl (C=O) groups excluding carboxylic acids is 2. The number of likely N-dealkylation sites (tertiary alicyclic amines) is 1. The van der Waals surface area contributed by atoms with Crippen molar-refractivity contribution in [3.8, 4) is 0 Å². The average molecular weight is 287 g/mol. The van der Waals surface area contributed by atoms with Gasteiger partial charge in [-0.05, 0) is 12.8 Å². The molecule has 0 aromatic carbocycles. The topological polar surface area (TPSA) is 136 Å². The number of carboxylic acid groups (broad SMARTS) is 2. The van der Waals surface area contributed by atoms with Crippen LogP contribution in [-0.2, 0) is 14.4 Å². The summed E-state index contributed by atoms with van der Waals surface area (Å²) in [5.41, 5.74) is 0. The minimum absolute atomic E-state index is 0.323. The molecular weight excluding hydrogens is 270 g/mol. The molecule has 1 unspecified atom stereocenters. The molecule has 0 aromatic rings. The molecule has 112 valence electrons. The van der Waals surface area contributed by atoms with Gasteiger partial charge < -0.3 is 25.7 Å². The van der Waals surface area contributed by atoms with Crippen molar-refractivity contribution in [1.29, 1.82) is 0 Å². The standard InChI is InChI=1S/C11H17N3O6/c1-12-9(17)7-3-2-4-14(7)11(20)13-6(10(18)19)5-8(15)16/h6-7H,2-5H2,1H3,(H,12,17)(H,13,20)(H,15,16)(H,18,19)/t6-,7?/m1/s1. The molecule has 1 saturated heterocycles. The van der Waals surface area contributed by atoms with Crippen LogP contribution in [0, 0.1) is 0 Å². The average Bonchev–Trinajstić information content (AvgIpc) is 2.85. The fourth-order valence-electron chi connectivity index (χ4n) is 2.06. The number of carbonyl (C=O) groups is 4. The number of amides is 3. The van der Waals surface area contributed by atoms with Gasteiger partial charge >= 0.3 is 18.0 Å². The molecule has 9 heteroatoms. The quantitative estimate of drug-likeness (QED) is 0.503. The Bertz CT molecular complexity index is 424. The molecule has 2 atom stereocenters. The Morgan fingerprint density at radius 2 is 1.95 bits per heavy atom. The van der Waals surface area contributed by atoms with Crippen molar-refractivity contribution in [2.24, 2.45) is 0 Å². The van der Waals surface area contributed by atoms with E-state index in [0.717, 1.165) is 0 Å². The lowest BCUT2D eigenvalue weighted by Gasteiger charge is -2.25. The summed E-state index contributed by atoms with van der Waals surface area (Å²) in [6, 6.07) is -2.92. The van der Waals surface area contributed by atoms with Crippen molar-refractivity contribution in [3.05, 3.63) is 0 Å². The van der Waals surface area contributed by atoms with Gasteiger partial charge in [-0.2, -0.15) is 0 Å². The lowest BCUT2D eigenvalue weighted by atomic mass is 10.2. The van der Waals surface area contributed by atoms with Gasteiger partial charge in [0.1, 0.15) is 12.1 Å². The maximum Gasteiger partial charge on any atom is 0.326 e. The van der Waals surface area contributed by atoms with Crippen molar-refractivity contribution in [3.63, 3.8) is 0 Å². The number of likely N-dealkylation sites (N-methyl/N-ethyl adjacent to an activating group) is 1. The van der Waals surface area contributed by atoms with Crippen LogP contribution in [0.4, 0.5) is 4.79 Å². The van der Waals surface area contributed by atoms with Crippen LogP contribution in [0.5, 0.6) is 0 Å². The number of nitrogens with zero attached hydrogens (tertiary/aromatic N) is 1. The molecule has 1 fully saturated rings. The first-order chi connectivity index (χ1) is 9.36. The van der Waals surface area contributed by atoms with Gasteiger partial charge in [-0.15, -0.1) is 0 Å². The van der Waals surface area contributed by atoms with Gasteiger partial charge in [0.25, 0.3) is 0 Å². The van der Waals surface area contributed by atoms with Crippen LogP contribution in [0.15, 0.2) is 0 Å². The van der Waals surface area contributed by atoms with E-state index in [1.165, 1.54) is 11.9 Å². The van der Waals surface area contributed by atoms with Gasteiger partial charge in [-0.25, -0.2) is 9.59 Å². The Balaban J connectivity index is 2.70. The first-order valence-electron chi connectivity index (χ1n) is 6.10. The van der Waals surface area contributed by atoms with E-state index in [4.69, 9.17) is 10.2 Å². The molecule has 4 N–H and O–H groups in total. The number of aliphatic carboxylic acids is 2. The molecule has 9 nitrogen and oxygen atoms in total.